The van der Waals surface area contributed by atoms with Gasteiger partial charge >= 0.3 is 8.02 Å². The quantitative estimate of drug-likeness (QED) is 0.173. The van der Waals surface area contributed by atoms with Gasteiger partial charge in [-0.05, 0) is 78.5 Å². The fourth-order valence-electron chi connectivity index (χ4n) is 9.00. The van der Waals surface area contributed by atoms with E-state index in [1.807, 2.05) is 0 Å². The van der Waals surface area contributed by atoms with Crippen LogP contribution in [-0.4, -0.2) is 0 Å². The number of fused-ring (bicyclic) bond motifs is 14. The molecule has 1 unspecified atom stereocenters. The highest BCUT2D eigenvalue weighted by Crippen LogP contribution is 2.69. The van der Waals surface area contributed by atoms with Gasteiger partial charge in [0.25, 0.3) is 0 Å². The van der Waals surface area contributed by atoms with E-state index in [0.29, 0.717) is 0 Å². The summed E-state index contributed by atoms with van der Waals surface area (Å²) in [4.78, 5) is 0. The Bertz CT molecular complexity index is 3040. The van der Waals surface area contributed by atoms with Crippen molar-refractivity contribution in [2.24, 2.45) is 0 Å². The molecule has 5 heteroatoms. The summed E-state index contributed by atoms with van der Waals surface area (Å²) in [5.41, 5.74) is 10.4. The fourth-order valence-corrected chi connectivity index (χ4v) is 11.2. The fraction of sp³-hybridized carbons (Fsp3) is 0. The summed E-state index contributed by atoms with van der Waals surface area (Å²) >= 11 is 0. The first-order valence-corrected chi connectivity index (χ1v) is 21.0. The minimum absolute atomic E-state index is 0.756. The molecule has 2 heterocycles. The normalized spacial score (nSPS) is 15.3. The topological polar surface area (TPSA) is 42.5 Å². The van der Waals surface area contributed by atoms with Gasteiger partial charge in [-0.3, -0.25) is 9.05 Å². The zero-order valence-electron chi connectivity index (χ0n) is 30.7. The van der Waals surface area contributed by atoms with Crippen LogP contribution in [0.5, 0.6) is 11.5 Å². The van der Waals surface area contributed by atoms with E-state index in [2.05, 4.69) is 204 Å². The van der Waals surface area contributed by atoms with Crippen LogP contribution in [-0.2, 0) is 0 Å². The van der Waals surface area contributed by atoms with Gasteiger partial charge in [-0.15, -0.1) is 0 Å². The lowest BCUT2D eigenvalue weighted by Crippen LogP contribution is -2.23. The second kappa shape index (κ2) is 12.4. The number of hydrogen-bond donors (Lipinski definition) is 2. The molecule has 2 N–H and O–H groups in total. The van der Waals surface area contributed by atoms with E-state index in [9.17, 15) is 0 Å². The molecule has 0 saturated heterocycles. The van der Waals surface area contributed by atoms with Gasteiger partial charge in [0.2, 0.25) is 5.75 Å². The third-order valence-electron chi connectivity index (χ3n) is 11.5. The number of rotatable bonds is 2. The molecule has 0 saturated carbocycles. The molecule has 1 atom stereocenters. The predicted octanol–water partition coefficient (Wildman–Crippen LogP) is 15.0. The molecule has 10 aromatic carbocycles. The number of anilines is 2. The highest BCUT2D eigenvalue weighted by Gasteiger charge is 2.55. The summed E-state index contributed by atoms with van der Waals surface area (Å²) < 4.78 is 15.4. The highest BCUT2D eigenvalue weighted by atomic mass is 31.2. The van der Waals surface area contributed by atoms with Gasteiger partial charge in [-0.1, -0.05) is 170 Å². The van der Waals surface area contributed by atoms with Gasteiger partial charge in [0, 0.05) is 33.4 Å². The third-order valence-corrected chi connectivity index (χ3v) is 13.5. The van der Waals surface area contributed by atoms with Crippen LogP contribution < -0.4 is 19.2 Å². The van der Waals surface area contributed by atoms with Crippen LogP contribution in [0.25, 0.3) is 87.6 Å². The molecule has 57 heavy (non-hydrogen) atoms. The SMILES string of the molecule is c1ccc(-c2cc3ccccc3c3c2N[P+]2(Nc4ccc5ccccc5c4-c4c(ccc5ccccc45)O2)Oc2c(-c4ccccc4)cc4ccccc4c2-3)cc1. The Kier molecular flexibility index (Phi) is 7.02. The third kappa shape index (κ3) is 4.98. The Morgan fingerprint density at radius 2 is 0.842 bits per heavy atom. The van der Waals surface area contributed by atoms with E-state index in [-0.39, 0.29) is 0 Å². The van der Waals surface area contributed by atoms with Gasteiger partial charge in [0.1, 0.15) is 0 Å². The minimum atomic E-state index is -3.41. The maximum atomic E-state index is 7.79. The lowest BCUT2D eigenvalue weighted by molar-refractivity contribution is 0.479. The van der Waals surface area contributed by atoms with Crippen molar-refractivity contribution in [1.29, 1.82) is 0 Å². The molecule has 1 spiro atoms. The zero-order valence-corrected chi connectivity index (χ0v) is 31.6. The second-order valence-electron chi connectivity index (χ2n) is 14.8. The van der Waals surface area contributed by atoms with Crippen molar-refractivity contribution in [2.75, 3.05) is 10.2 Å². The molecule has 4 nitrogen and oxygen atoms in total. The monoisotopic (exact) mass is 749 g/mol. The molecule has 2 aliphatic rings. The Morgan fingerprint density at radius 3 is 1.49 bits per heavy atom. The van der Waals surface area contributed by atoms with Gasteiger partial charge in [-0.2, -0.15) is 10.2 Å². The number of benzene rings is 10. The van der Waals surface area contributed by atoms with Gasteiger partial charge in [-0.25, -0.2) is 0 Å². The zero-order chi connectivity index (χ0) is 37.5. The van der Waals surface area contributed by atoms with E-state index in [4.69, 9.17) is 9.05 Å². The van der Waals surface area contributed by atoms with Crippen molar-refractivity contribution in [1.82, 2.24) is 0 Å². The molecular weight excluding hydrogens is 716 g/mol. The summed E-state index contributed by atoms with van der Waals surface area (Å²) in [6, 6.07) is 69.0. The summed E-state index contributed by atoms with van der Waals surface area (Å²) in [6.45, 7) is 0. The Balaban J connectivity index is 1.25. The molecule has 0 amide bonds. The molecule has 0 radical (unpaired) electrons. The van der Waals surface area contributed by atoms with Crippen LogP contribution in [0.15, 0.2) is 194 Å². The smallest absolute Gasteiger partial charge is 0.264 e. The van der Waals surface area contributed by atoms with Gasteiger partial charge in [0.05, 0.1) is 11.4 Å². The highest BCUT2D eigenvalue weighted by molar-refractivity contribution is 7.70. The summed E-state index contributed by atoms with van der Waals surface area (Å²) in [7, 11) is -3.41. The van der Waals surface area contributed by atoms with Crippen molar-refractivity contribution in [3.05, 3.63) is 194 Å². The standard InChI is InChI=1S/C52H34N2O2P/c1-3-15-33(16-4-1)43-31-37-21-9-13-25-41(37)49-50-42-26-14-10-22-38(42)32-44(34-17-5-2-6-18-34)52(50)56-57(54-51(43)49)53-45-29-27-35-19-7-11-23-39(35)47(45)48-40-24-12-8-20-36(40)28-30-46(48)55-57/h1-32,53-54H/q+1. The average Bonchev–Trinajstić information content (AvgIpc) is 3.51. The first-order chi connectivity index (χ1) is 28.2. The number of nitrogens with one attached hydrogen (secondary N) is 2. The van der Waals surface area contributed by atoms with E-state index >= 15 is 0 Å². The summed E-state index contributed by atoms with van der Waals surface area (Å²) in [5, 5.41) is 17.2. The molecular formula is C52H34N2O2P+. The molecule has 0 bridgehead atoms. The van der Waals surface area contributed by atoms with Crippen molar-refractivity contribution in [3.8, 4) is 56.0 Å². The van der Waals surface area contributed by atoms with Gasteiger partial charge < -0.3 is 0 Å². The largest absolute Gasteiger partial charge is 0.572 e. The van der Waals surface area contributed by atoms with E-state index in [1.165, 1.54) is 0 Å². The van der Waals surface area contributed by atoms with Crippen LogP contribution in [0.4, 0.5) is 11.4 Å². The Hall–Kier alpha value is -7.13. The van der Waals surface area contributed by atoms with Crippen molar-refractivity contribution >= 4 is 62.5 Å². The van der Waals surface area contributed by atoms with Gasteiger partial charge in [0.15, 0.2) is 5.75 Å². The van der Waals surface area contributed by atoms with Crippen LogP contribution >= 0.6 is 8.02 Å². The first-order valence-electron chi connectivity index (χ1n) is 19.3. The van der Waals surface area contributed by atoms with Crippen LogP contribution in [0, 0.1) is 0 Å². The molecule has 0 aromatic heterocycles. The first kappa shape index (κ1) is 32.1. The molecule has 0 fully saturated rings. The summed E-state index contributed by atoms with van der Waals surface area (Å²) in [6.07, 6.45) is 0. The van der Waals surface area contributed by atoms with E-state index < -0.39 is 8.02 Å². The van der Waals surface area contributed by atoms with Crippen molar-refractivity contribution < 1.29 is 9.05 Å². The minimum Gasteiger partial charge on any atom is -0.264 e. The lowest BCUT2D eigenvalue weighted by atomic mass is 9.86. The van der Waals surface area contributed by atoms with Crippen LogP contribution in [0.2, 0.25) is 0 Å². The molecule has 268 valence electrons. The molecule has 2 aliphatic heterocycles. The van der Waals surface area contributed by atoms with Crippen molar-refractivity contribution in [2.45, 2.75) is 0 Å². The average molecular weight is 750 g/mol. The van der Waals surface area contributed by atoms with E-state index in [1.54, 1.807) is 0 Å². The van der Waals surface area contributed by atoms with Crippen molar-refractivity contribution in [3.63, 3.8) is 0 Å². The predicted molar refractivity (Wildman–Crippen MR) is 240 cm³/mol. The van der Waals surface area contributed by atoms with E-state index in [0.717, 1.165) is 110 Å². The summed E-state index contributed by atoms with van der Waals surface area (Å²) in [5.74, 6) is 1.53. The lowest BCUT2D eigenvalue weighted by Gasteiger charge is -2.24. The Labute approximate surface area is 330 Å². The van der Waals surface area contributed by atoms with Crippen LogP contribution in [0.1, 0.15) is 0 Å². The maximum absolute atomic E-state index is 7.79. The second-order valence-corrected chi connectivity index (χ2v) is 16.7. The van der Waals surface area contributed by atoms with Crippen LogP contribution in [0.3, 0.4) is 0 Å². The molecule has 0 aliphatic carbocycles. The number of hydrogen-bond acceptors (Lipinski definition) is 4. The maximum Gasteiger partial charge on any atom is 0.572 e. The molecule has 10 aromatic rings. The molecule has 12 rings (SSSR count). The Morgan fingerprint density at radius 1 is 0.351 bits per heavy atom.